The monoisotopic (exact) mass is 198 g/mol. The van der Waals surface area contributed by atoms with Gasteiger partial charge >= 0.3 is 0 Å². The first-order valence-corrected chi connectivity index (χ1v) is 5.27. The van der Waals surface area contributed by atoms with Crippen LogP contribution in [0.3, 0.4) is 0 Å². The molecule has 2 nitrogen and oxygen atoms in total. The van der Waals surface area contributed by atoms with E-state index in [1.807, 2.05) is 6.20 Å². The first-order chi connectivity index (χ1) is 6.07. The molecular formula is C10H18N2S. The Morgan fingerprint density at radius 3 is 2.54 bits per heavy atom. The van der Waals surface area contributed by atoms with E-state index in [9.17, 15) is 0 Å². The number of aromatic nitrogens is 2. The molecule has 0 fully saturated rings. The summed E-state index contributed by atoms with van der Waals surface area (Å²) in [6.07, 6.45) is 3.05. The molecule has 0 saturated carbocycles. The standard InChI is InChI=1S/C10H18N2S/c1-5-9-6-11-10(13)12(9)8(4)7(2)3/h6-8H,5H2,1-4H3,(H,11,13). The van der Waals surface area contributed by atoms with E-state index in [1.54, 1.807) is 0 Å². The fourth-order valence-corrected chi connectivity index (χ4v) is 1.77. The number of aromatic amines is 1. The zero-order valence-electron chi connectivity index (χ0n) is 8.79. The number of hydrogen-bond donors (Lipinski definition) is 1. The van der Waals surface area contributed by atoms with Crippen LogP contribution in [0.5, 0.6) is 0 Å². The number of H-pyrrole nitrogens is 1. The predicted octanol–water partition coefficient (Wildman–Crippen LogP) is 3.33. The summed E-state index contributed by atoms with van der Waals surface area (Å²) in [6, 6.07) is 0.480. The molecule has 1 atom stereocenters. The summed E-state index contributed by atoms with van der Waals surface area (Å²) in [4.78, 5) is 3.10. The molecule has 1 rings (SSSR count). The highest BCUT2D eigenvalue weighted by Gasteiger charge is 2.12. The molecular weight excluding hydrogens is 180 g/mol. The Hall–Kier alpha value is -0.570. The van der Waals surface area contributed by atoms with E-state index in [0.29, 0.717) is 12.0 Å². The van der Waals surface area contributed by atoms with Gasteiger partial charge in [0, 0.05) is 17.9 Å². The molecule has 74 valence electrons. The predicted molar refractivity (Wildman–Crippen MR) is 58.5 cm³/mol. The summed E-state index contributed by atoms with van der Waals surface area (Å²) in [7, 11) is 0. The fourth-order valence-electron chi connectivity index (χ4n) is 1.43. The third-order valence-corrected chi connectivity index (χ3v) is 2.94. The highest BCUT2D eigenvalue weighted by Crippen LogP contribution is 2.19. The first kappa shape index (κ1) is 10.5. The van der Waals surface area contributed by atoms with Gasteiger partial charge < -0.3 is 9.55 Å². The largest absolute Gasteiger partial charge is 0.337 e. The van der Waals surface area contributed by atoms with E-state index < -0.39 is 0 Å². The van der Waals surface area contributed by atoms with Gasteiger partial charge in [0.1, 0.15) is 0 Å². The molecule has 13 heavy (non-hydrogen) atoms. The SMILES string of the molecule is CCc1c[nH]c(=S)n1C(C)C(C)C. The number of nitrogens with zero attached hydrogens (tertiary/aromatic N) is 1. The van der Waals surface area contributed by atoms with Gasteiger partial charge in [-0.15, -0.1) is 0 Å². The number of imidazole rings is 1. The summed E-state index contributed by atoms with van der Waals surface area (Å²) in [5.41, 5.74) is 1.30. The summed E-state index contributed by atoms with van der Waals surface area (Å²) in [5, 5.41) is 0. The van der Waals surface area contributed by atoms with Crippen molar-refractivity contribution in [3.05, 3.63) is 16.7 Å². The van der Waals surface area contributed by atoms with Crippen molar-refractivity contribution in [2.45, 2.75) is 40.2 Å². The third-order valence-electron chi connectivity index (χ3n) is 2.62. The van der Waals surface area contributed by atoms with Crippen molar-refractivity contribution in [3.8, 4) is 0 Å². The van der Waals surface area contributed by atoms with Crippen molar-refractivity contribution in [3.63, 3.8) is 0 Å². The van der Waals surface area contributed by atoms with Gasteiger partial charge in [-0.1, -0.05) is 20.8 Å². The van der Waals surface area contributed by atoms with Gasteiger partial charge in [0.05, 0.1) is 0 Å². The van der Waals surface area contributed by atoms with Crippen LogP contribution in [0.2, 0.25) is 0 Å². The van der Waals surface area contributed by atoms with Gasteiger partial charge in [-0.25, -0.2) is 0 Å². The Morgan fingerprint density at radius 1 is 1.46 bits per heavy atom. The Balaban J connectivity index is 3.11. The minimum Gasteiger partial charge on any atom is -0.337 e. The van der Waals surface area contributed by atoms with Crippen molar-refractivity contribution >= 4 is 12.2 Å². The fraction of sp³-hybridized carbons (Fsp3) is 0.700. The maximum atomic E-state index is 5.24. The summed E-state index contributed by atoms with van der Waals surface area (Å²) >= 11 is 5.24. The maximum absolute atomic E-state index is 5.24. The summed E-state index contributed by atoms with van der Waals surface area (Å²) < 4.78 is 3.07. The number of nitrogens with one attached hydrogen (secondary N) is 1. The average molecular weight is 198 g/mol. The van der Waals surface area contributed by atoms with Crippen LogP contribution in [-0.2, 0) is 6.42 Å². The van der Waals surface area contributed by atoms with Gasteiger partial charge in [-0.05, 0) is 31.5 Å². The van der Waals surface area contributed by atoms with Gasteiger partial charge in [-0.3, -0.25) is 0 Å². The van der Waals surface area contributed by atoms with Crippen molar-refractivity contribution in [1.29, 1.82) is 0 Å². The molecule has 0 aliphatic heterocycles. The van der Waals surface area contributed by atoms with Crippen LogP contribution in [0.4, 0.5) is 0 Å². The van der Waals surface area contributed by atoms with Crippen molar-refractivity contribution in [2.75, 3.05) is 0 Å². The van der Waals surface area contributed by atoms with Gasteiger partial charge in [-0.2, -0.15) is 0 Å². The van der Waals surface area contributed by atoms with Crippen LogP contribution in [-0.4, -0.2) is 9.55 Å². The smallest absolute Gasteiger partial charge is 0.177 e. The molecule has 0 bridgehead atoms. The first-order valence-electron chi connectivity index (χ1n) is 4.86. The quantitative estimate of drug-likeness (QED) is 0.739. The molecule has 0 aliphatic rings. The molecule has 1 N–H and O–H groups in total. The average Bonchev–Trinajstić information content (AvgIpc) is 2.45. The summed E-state index contributed by atoms with van der Waals surface area (Å²) in [6.45, 7) is 8.81. The second kappa shape index (κ2) is 4.09. The lowest BCUT2D eigenvalue weighted by Gasteiger charge is -2.19. The Kier molecular flexibility index (Phi) is 3.31. The molecule has 1 aromatic rings. The molecule has 1 heterocycles. The Labute approximate surface area is 85.0 Å². The van der Waals surface area contributed by atoms with Gasteiger partial charge in [0.15, 0.2) is 4.77 Å². The molecule has 0 spiro atoms. The van der Waals surface area contributed by atoms with Gasteiger partial charge in [0.2, 0.25) is 0 Å². The molecule has 0 amide bonds. The topological polar surface area (TPSA) is 20.7 Å². The molecule has 0 aromatic carbocycles. The second-order valence-electron chi connectivity index (χ2n) is 3.79. The van der Waals surface area contributed by atoms with Crippen LogP contribution >= 0.6 is 12.2 Å². The van der Waals surface area contributed by atoms with Gasteiger partial charge in [0.25, 0.3) is 0 Å². The zero-order chi connectivity index (χ0) is 10.0. The van der Waals surface area contributed by atoms with Crippen molar-refractivity contribution in [2.24, 2.45) is 5.92 Å². The highest BCUT2D eigenvalue weighted by molar-refractivity contribution is 7.71. The lowest BCUT2D eigenvalue weighted by Crippen LogP contribution is -2.13. The van der Waals surface area contributed by atoms with E-state index in [1.165, 1.54) is 5.69 Å². The number of rotatable bonds is 3. The van der Waals surface area contributed by atoms with E-state index in [2.05, 4.69) is 37.2 Å². The molecule has 1 aromatic heterocycles. The molecule has 3 heteroatoms. The molecule has 0 radical (unpaired) electrons. The van der Waals surface area contributed by atoms with Crippen molar-refractivity contribution < 1.29 is 0 Å². The van der Waals surface area contributed by atoms with Crippen LogP contribution < -0.4 is 0 Å². The zero-order valence-corrected chi connectivity index (χ0v) is 9.61. The number of aryl methyl sites for hydroxylation is 1. The van der Waals surface area contributed by atoms with Crippen LogP contribution in [0, 0.1) is 10.7 Å². The second-order valence-corrected chi connectivity index (χ2v) is 4.18. The van der Waals surface area contributed by atoms with Crippen LogP contribution in [0.1, 0.15) is 39.4 Å². The Bertz CT molecular complexity index is 322. The van der Waals surface area contributed by atoms with Crippen LogP contribution in [0.25, 0.3) is 0 Å². The lowest BCUT2D eigenvalue weighted by atomic mass is 10.1. The van der Waals surface area contributed by atoms with E-state index >= 15 is 0 Å². The normalized spacial score (nSPS) is 13.6. The van der Waals surface area contributed by atoms with Crippen LogP contribution in [0.15, 0.2) is 6.20 Å². The lowest BCUT2D eigenvalue weighted by molar-refractivity contribution is 0.395. The minimum absolute atomic E-state index is 0.480. The molecule has 0 aliphatic carbocycles. The van der Waals surface area contributed by atoms with Crippen molar-refractivity contribution in [1.82, 2.24) is 9.55 Å². The maximum Gasteiger partial charge on any atom is 0.177 e. The van der Waals surface area contributed by atoms with E-state index in [0.717, 1.165) is 11.2 Å². The number of hydrogen-bond acceptors (Lipinski definition) is 1. The minimum atomic E-state index is 0.480. The third kappa shape index (κ3) is 2.02. The molecule has 1 unspecified atom stereocenters. The molecule has 0 saturated heterocycles. The highest BCUT2D eigenvalue weighted by atomic mass is 32.1. The Morgan fingerprint density at radius 2 is 2.08 bits per heavy atom. The van der Waals surface area contributed by atoms with E-state index in [-0.39, 0.29) is 0 Å². The van der Waals surface area contributed by atoms with E-state index in [4.69, 9.17) is 12.2 Å². The summed E-state index contributed by atoms with van der Waals surface area (Å²) in [5.74, 6) is 0.618.